The van der Waals surface area contributed by atoms with Crippen molar-refractivity contribution in [2.45, 2.75) is 0 Å². The highest BCUT2D eigenvalue weighted by Crippen LogP contribution is 2.28. The second-order valence-corrected chi connectivity index (χ2v) is 3.60. The molecule has 1 aliphatic rings. The quantitative estimate of drug-likeness (QED) is 0.459. The predicted octanol–water partition coefficient (Wildman–Crippen LogP) is 1.01. The van der Waals surface area contributed by atoms with Crippen molar-refractivity contribution in [2.75, 3.05) is 36.9 Å². The van der Waals surface area contributed by atoms with Crippen molar-refractivity contribution in [3.8, 4) is 0 Å². The van der Waals surface area contributed by atoms with Crippen LogP contribution in [0.25, 0.3) is 0 Å². The third-order valence-corrected chi connectivity index (χ3v) is 2.58. The maximum absolute atomic E-state index is 10.7. The molecule has 1 aromatic rings. The summed E-state index contributed by atoms with van der Waals surface area (Å²) in [7, 11) is 0. The molecule has 0 aliphatic carbocycles. The Labute approximate surface area is 92.8 Å². The van der Waals surface area contributed by atoms with E-state index in [1.807, 2.05) is 4.90 Å². The zero-order valence-electron chi connectivity index (χ0n) is 8.76. The van der Waals surface area contributed by atoms with Crippen molar-refractivity contribution in [3.05, 3.63) is 28.3 Å². The van der Waals surface area contributed by atoms with Crippen molar-refractivity contribution in [1.82, 2.24) is 0 Å². The molecule has 1 aromatic carbocycles. The number of nitrogen functional groups attached to an aromatic ring is 1. The predicted molar refractivity (Wildman–Crippen MR) is 60.5 cm³/mol. The third-order valence-electron chi connectivity index (χ3n) is 2.58. The maximum Gasteiger partial charge on any atom is 0.271 e. The standard InChI is InChI=1S/C10H13N3O3/c11-9-2-1-8(13(14)15)7-10(9)12-3-5-16-6-4-12/h1-2,7H,3-6,11H2. The molecule has 16 heavy (non-hydrogen) atoms. The van der Waals surface area contributed by atoms with Crippen molar-refractivity contribution in [3.63, 3.8) is 0 Å². The van der Waals surface area contributed by atoms with Gasteiger partial charge in [0.25, 0.3) is 5.69 Å². The van der Waals surface area contributed by atoms with E-state index in [-0.39, 0.29) is 5.69 Å². The fourth-order valence-electron chi connectivity index (χ4n) is 1.72. The van der Waals surface area contributed by atoms with Crippen LogP contribution in [0.5, 0.6) is 0 Å². The van der Waals surface area contributed by atoms with E-state index < -0.39 is 4.92 Å². The first kappa shape index (κ1) is 10.7. The van der Waals surface area contributed by atoms with Crippen LogP contribution >= 0.6 is 0 Å². The van der Waals surface area contributed by atoms with E-state index in [2.05, 4.69) is 0 Å². The summed E-state index contributed by atoms with van der Waals surface area (Å²) < 4.78 is 5.22. The highest BCUT2D eigenvalue weighted by atomic mass is 16.6. The molecule has 2 rings (SSSR count). The molecule has 0 radical (unpaired) electrons. The summed E-state index contributed by atoms with van der Waals surface area (Å²) in [5, 5.41) is 10.7. The fraction of sp³-hybridized carbons (Fsp3) is 0.400. The van der Waals surface area contributed by atoms with Crippen molar-refractivity contribution < 1.29 is 9.66 Å². The average Bonchev–Trinajstić information content (AvgIpc) is 2.30. The Morgan fingerprint density at radius 2 is 2.06 bits per heavy atom. The SMILES string of the molecule is Nc1ccc([N+](=O)[O-])cc1N1CCOCC1. The molecular formula is C10H13N3O3. The number of ether oxygens (including phenoxy) is 1. The molecule has 1 fully saturated rings. The van der Waals surface area contributed by atoms with Gasteiger partial charge < -0.3 is 15.4 Å². The molecule has 0 spiro atoms. The molecule has 0 unspecified atom stereocenters. The minimum Gasteiger partial charge on any atom is -0.397 e. The van der Waals surface area contributed by atoms with Crippen molar-refractivity contribution in [1.29, 1.82) is 0 Å². The average molecular weight is 223 g/mol. The van der Waals surface area contributed by atoms with Crippen LogP contribution < -0.4 is 10.6 Å². The molecular weight excluding hydrogens is 210 g/mol. The van der Waals surface area contributed by atoms with Crippen LogP contribution in [0.1, 0.15) is 0 Å². The number of non-ortho nitro benzene ring substituents is 1. The molecule has 1 heterocycles. The third kappa shape index (κ3) is 2.06. The van der Waals surface area contributed by atoms with Crippen LogP contribution in [-0.4, -0.2) is 31.2 Å². The first-order chi connectivity index (χ1) is 7.68. The molecule has 0 saturated carbocycles. The van der Waals surface area contributed by atoms with E-state index in [0.29, 0.717) is 32.0 Å². The smallest absolute Gasteiger partial charge is 0.271 e. The van der Waals surface area contributed by atoms with E-state index in [1.165, 1.54) is 12.1 Å². The summed E-state index contributed by atoms with van der Waals surface area (Å²) in [6.07, 6.45) is 0. The maximum atomic E-state index is 10.7. The summed E-state index contributed by atoms with van der Waals surface area (Å²) in [6, 6.07) is 4.50. The minimum absolute atomic E-state index is 0.0655. The minimum atomic E-state index is -0.413. The molecule has 0 aromatic heterocycles. The lowest BCUT2D eigenvalue weighted by molar-refractivity contribution is -0.384. The molecule has 86 valence electrons. The fourth-order valence-corrected chi connectivity index (χ4v) is 1.72. The van der Waals surface area contributed by atoms with Gasteiger partial charge in [0.15, 0.2) is 0 Å². The van der Waals surface area contributed by atoms with Gasteiger partial charge >= 0.3 is 0 Å². The second kappa shape index (κ2) is 4.36. The van der Waals surface area contributed by atoms with Gasteiger partial charge in [0.1, 0.15) is 0 Å². The Morgan fingerprint density at radius 3 is 2.69 bits per heavy atom. The van der Waals surface area contributed by atoms with E-state index in [0.717, 1.165) is 5.69 Å². The molecule has 0 atom stereocenters. The number of rotatable bonds is 2. The number of benzene rings is 1. The van der Waals surface area contributed by atoms with Gasteiger partial charge in [-0.05, 0) is 6.07 Å². The molecule has 6 nitrogen and oxygen atoms in total. The normalized spacial score (nSPS) is 16.1. The van der Waals surface area contributed by atoms with Crippen LogP contribution in [-0.2, 0) is 4.74 Å². The topological polar surface area (TPSA) is 81.6 Å². The Morgan fingerprint density at radius 1 is 1.38 bits per heavy atom. The van der Waals surface area contributed by atoms with Gasteiger partial charge in [-0.15, -0.1) is 0 Å². The first-order valence-electron chi connectivity index (χ1n) is 5.05. The van der Waals surface area contributed by atoms with Crippen molar-refractivity contribution in [2.24, 2.45) is 0 Å². The van der Waals surface area contributed by atoms with E-state index in [9.17, 15) is 10.1 Å². The Kier molecular flexibility index (Phi) is 2.91. The zero-order chi connectivity index (χ0) is 11.5. The van der Waals surface area contributed by atoms with Crippen LogP contribution in [0.15, 0.2) is 18.2 Å². The van der Waals surface area contributed by atoms with Crippen LogP contribution in [0.2, 0.25) is 0 Å². The Bertz CT molecular complexity index is 402. The lowest BCUT2D eigenvalue weighted by atomic mass is 10.2. The van der Waals surface area contributed by atoms with Gasteiger partial charge in [-0.3, -0.25) is 10.1 Å². The second-order valence-electron chi connectivity index (χ2n) is 3.60. The van der Waals surface area contributed by atoms with Crippen LogP contribution in [0.3, 0.4) is 0 Å². The number of hydrogen-bond acceptors (Lipinski definition) is 5. The van der Waals surface area contributed by atoms with E-state index in [1.54, 1.807) is 6.07 Å². The van der Waals surface area contributed by atoms with Gasteiger partial charge in [-0.2, -0.15) is 0 Å². The largest absolute Gasteiger partial charge is 0.397 e. The van der Waals surface area contributed by atoms with Gasteiger partial charge in [0.05, 0.1) is 29.5 Å². The lowest BCUT2D eigenvalue weighted by Gasteiger charge is -2.29. The highest BCUT2D eigenvalue weighted by molar-refractivity contribution is 5.71. The molecule has 1 saturated heterocycles. The lowest BCUT2D eigenvalue weighted by Crippen LogP contribution is -2.36. The van der Waals surface area contributed by atoms with E-state index >= 15 is 0 Å². The number of nitro groups is 1. The number of nitrogens with zero attached hydrogens (tertiary/aromatic N) is 2. The molecule has 1 aliphatic heterocycles. The zero-order valence-corrected chi connectivity index (χ0v) is 8.76. The number of anilines is 2. The van der Waals surface area contributed by atoms with Crippen LogP contribution in [0.4, 0.5) is 17.1 Å². The number of nitrogens with two attached hydrogens (primary N) is 1. The van der Waals surface area contributed by atoms with Gasteiger partial charge in [0.2, 0.25) is 0 Å². The first-order valence-corrected chi connectivity index (χ1v) is 5.05. The summed E-state index contributed by atoms with van der Waals surface area (Å²) in [5.41, 5.74) is 7.16. The van der Waals surface area contributed by atoms with Gasteiger partial charge in [-0.1, -0.05) is 0 Å². The number of morpholine rings is 1. The molecule has 2 N–H and O–H groups in total. The van der Waals surface area contributed by atoms with Crippen molar-refractivity contribution >= 4 is 17.1 Å². The highest BCUT2D eigenvalue weighted by Gasteiger charge is 2.17. The summed E-state index contributed by atoms with van der Waals surface area (Å²) >= 11 is 0. The van der Waals surface area contributed by atoms with Crippen LogP contribution in [0, 0.1) is 10.1 Å². The molecule has 0 bridgehead atoms. The van der Waals surface area contributed by atoms with E-state index in [4.69, 9.17) is 10.5 Å². The van der Waals surface area contributed by atoms with Gasteiger partial charge in [0, 0.05) is 25.2 Å². The number of nitro benzene ring substituents is 1. The summed E-state index contributed by atoms with van der Waals surface area (Å²) in [4.78, 5) is 12.3. The molecule has 0 amide bonds. The Hall–Kier alpha value is -1.82. The monoisotopic (exact) mass is 223 g/mol. The Balaban J connectivity index is 2.30. The summed E-state index contributed by atoms with van der Waals surface area (Å²) in [6.45, 7) is 2.68. The molecule has 6 heteroatoms. The van der Waals surface area contributed by atoms with Gasteiger partial charge in [-0.25, -0.2) is 0 Å². The number of hydrogen-bond donors (Lipinski definition) is 1. The summed E-state index contributed by atoms with van der Waals surface area (Å²) in [5.74, 6) is 0.